The third-order valence-corrected chi connectivity index (χ3v) is 10.4. The summed E-state index contributed by atoms with van der Waals surface area (Å²) in [4.78, 5) is 2.29. The first-order valence-corrected chi connectivity index (χ1v) is 17.6. The van der Waals surface area contributed by atoms with Crippen LogP contribution in [-0.2, 0) is 0 Å². The minimum absolute atomic E-state index is 0.876. The SMILES string of the molecule is c1ccc(N(c2ccccc2)c2ccc(-n3c4ccccc4c4c(-c5ccc6oc7ccccc7c6c5)cc5c6ccccc6oc5c43)cc2)cc1. The number of hydrogen-bond donors (Lipinski definition) is 0. The average molecular weight is 667 g/mol. The first-order valence-electron chi connectivity index (χ1n) is 17.6. The van der Waals surface area contributed by atoms with Crippen LogP contribution in [0.4, 0.5) is 17.1 Å². The smallest absolute Gasteiger partial charge is 0.160 e. The van der Waals surface area contributed by atoms with Crippen LogP contribution >= 0.6 is 0 Å². The Morgan fingerprint density at radius 3 is 1.67 bits per heavy atom. The van der Waals surface area contributed by atoms with Crippen LogP contribution in [0.15, 0.2) is 191 Å². The number of furan rings is 2. The maximum atomic E-state index is 6.80. The Labute approximate surface area is 299 Å². The zero-order valence-electron chi connectivity index (χ0n) is 28.0. The summed E-state index contributed by atoms with van der Waals surface area (Å²) in [6, 6.07) is 64.2. The van der Waals surface area contributed by atoms with E-state index in [1.807, 2.05) is 18.2 Å². The molecule has 0 fully saturated rings. The normalized spacial score (nSPS) is 11.8. The maximum absolute atomic E-state index is 6.80. The van der Waals surface area contributed by atoms with E-state index in [4.69, 9.17) is 8.83 Å². The quantitative estimate of drug-likeness (QED) is 0.183. The molecule has 0 saturated carbocycles. The molecule has 52 heavy (non-hydrogen) atoms. The van der Waals surface area contributed by atoms with Crippen molar-refractivity contribution in [2.24, 2.45) is 0 Å². The van der Waals surface area contributed by atoms with Crippen LogP contribution in [-0.4, -0.2) is 4.57 Å². The summed E-state index contributed by atoms with van der Waals surface area (Å²) in [5.74, 6) is 0. The number of aromatic nitrogens is 1. The summed E-state index contributed by atoms with van der Waals surface area (Å²) in [6.45, 7) is 0. The summed E-state index contributed by atoms with van der Waals surface area (Å²) in [6.07, 6.45) is 0. The van der Waals surface area contributed by atoms with Crippen molar-refractivity contribution in [3.63, 3.8) is 0 Å². The van der Waals surface area contributed by atoms with E-state index in [0.29, 0.717) is 0 Å². The predicted octanol–water partition coefficient (Wildman–Crippen LogP) is 13.7. The van der Waals surface area contributed by atoms with Crippen molar-refractivity contribution < 1.29 is 8.83 Å². The van der Waals surface area contributed by atoms with Gasteiger partial charge in [-0.3, -0.25) is 0 Å². The fourth-order valence-electron chi connectivity index (χ4n) is 8.07. The van der Waals surface area contributed by atoms with E-state index < -0.39 is 0 Å². The highest BCUT2D eigenvalue weighted by molar-refractivity contribution is 6.26. The van der Waals surface area contributed by atoms with Gasteiger partial charge in [-0.2, -0.15) is 0 Å². The van der Waals surface area contributed by atoms with E-state index in [-0.39, 0.29) is 0 Å². The summed E-state index contributed by atoms with van der Waals surface area (Å²) in [7, 11) is 0. The van der Waals surface area contributed by atoms with Crippen molar-refractivity contribution in [1.82, 2.24) is 4.57 Å². The number of anilines is 3. The van der Waals surface area contributed by atoms with E-state index >= 15 is 0 Å². The topological polar surface area (TPSA) is 34.5 Å². The standard InChI is InChI=1S/C48H30N2O2/c1-3-13-32(14-4-1)49(33-15-5-2-6-16-33)34-24-26-35(27-25-34)50-42-20-10-7-19-38(42)46-39(30-41-37-18-9-12-22-44(37)52-48(41)47(46)50)31-23-28-45-40(29-31)36-17-8-11-21-43(36)51-45/h1-30H. The van der Waals surface area contributed by atoms with Gasteiger partial charge in [0.1, 0.15) is 16.7 Å². The zero-order valence-corrected chi connectivity index (χ0v) is 28.0. The van der Waals surface area contributed by atoms with Gasteiger partial charge in [-0.15, -0.1) is 0 Å². The highest BCUT2D eigenvalue weighted by atomic mass is 16.3. The molecule has 8 aromatic carbocycles. The summed E-state index contributed by atoms with van der Waals surface area (Å²) in [5.41, 5.74) is 12.4. The number of fused-ring (bicyclic) bond motifs is 10. The van der Waals surface area contributed by atoms with Crippen molar-refractivity contribution in [2.45, 2.75) is 0 Å². The molecule has 0 aliphatic rings. The molecule has 244 valence electrons. The molecule has 0 aliphatic heterocycles. The molecule has 0 spiro atoms. The molecule has 11 aromatic rings. The molecular weight excluding hydrogens is 637 g/mol. The van der Waals surface area contributed by atoms with Crippen LogP contribution in [0.25, 0.3) is 82.5 Å². The van der Waals surface area contributed by atoms with E-state index in [9.17, 15) is 0 Å². The first kappa shape index (κ1) is 28.8. The van der Waals surface area contributed by atoms with Gasteiger partial charge in [-0.25, -0.2) is 0 Å². The van der Waals surface area contributed by atoms with Crippen molar-refractivity contribution in [1.29, 1.82) is 0 Å². The molecule has 0 atom stereocenters. The lowest BCUT2D eigenvalue weighted by Gasteiger charge is -2.25. The molecule has 0 amide bonds. The minimum Gasteiger partial charge on any atom is -0.456 e. The molecular formula is C48H30N2O2. The molecule has 0 unspecified atom stereocenters. The number of rotatable bonds is 5. The Morgan fingerprint density at radius 1 is 0.404 bits per heavy atom. The molecule has 0 N–H and O–H groups in total. The Morgan fingerprint density at radius 2 is 0.962 bits per heavy atom. The number of nitrogens with zero attached hydrogens (tertiary/aromatic N) is 2. The maximum Gasteiger partial charge on any atom is 0.160 e. The average Bonchev–Trinajstić information content (AvgIpc) is 3.88. The highest BCUT2D eigenvalue weighted by Gasteiger charge is 2.23. The van der Waals surface area contributed by atoms with Crippen molar-refractivity contribution in [3.05, 3.63) is 182 Å². The van der Waals surface area contributed by atoms with E-state index in [1.165, 1.54) is 5.39 Å². The van der Waals surface area contributed by atoms with Crippen LogP contribution in [0, 0.1) is 0 Å². The third-order valence-electron chi connectivity index (χ3n) is 10.4. The van der Waals surface area contributed by atoms with Crippen LogP contribution in [0.5, 0.6) is 0 Å². The Kier molecular flexibility index (Phi) is 6.22. The largest absolute Gasteiger partial charge is 0.456 e. The predicted molar refractivity (Wildman–Crippen MR) is 215 cm³/mol. The summed E-state index contributed by atoms with van der Waals surface area (Å²) >= 11 is 0. The molecule has 4 heteroatoms. The van der Waals surface area contributed by atoms with Crippen molar-refractivity contribution >= 4 is 82.7 Å². The summed E-state index contributed by atoms with van der Waals surface area (Å²) in [5, 5.41) is 6.76. The van der Waals surface area contributed by atoms with Gasteiger partial charge in [-0.1, -0.05) is 97.1 Å². The van der Waals surface area contributed by atoms with E-state index in [2.05, 4.69) is 173 Å². The van der Waals surface area contributed by atoms with Crippen LogP contribution in [0.2, 0.25) is 0 Å². The van der Waals surface area contributed by atoms with Gasteiger partial charge in [0, 0.05) is 55.1 Å². The van der Waals surface area contributed by atoms with Crippen molar-refractivity contribution in [3.8, 4) is 16.8 Å². The lowest BCUT2D eigenvalue weighted by Crippen LogP contribution is -2.09. The van der Waals surface area contributed by atoms with Gasteiger partial charge in [0.05, 0.1) is 11.0 Å². The minimum atomic E-state index is 0.876. The second-order valence-corrected chi connectivity index (χ2v) is 13.3. The van der Waals surface area contributed by atoms with Gasteiger partial charge in [0.2, 0.25) is 0 Å². The van der Waals surface area contributed by atoms with Gasteiger partial charge in [-0.05, 0) is 96.1 Å². The van der Waals surface area contributed by atoms with Crippen LogP contribution < -0.4 is 4.90 Å². The molecule has 0 aliphatic carbocycles. The third kappa shape index (κ3) is 4.28. The van der Waals surface area contributed by atoms with Gasteiger partial charge >= 0.3 is 0 Å². The van der Waals surface area contributed by atoms with E-state index in [0.717, 1.165) is 94.2 Å². The molecule has 3 heterocycles. The molecule has 0 radical (unpaired) electrons. The second-order valence-electron chi connectivity index (χ2n) is 13.3. The van der Waals surface area contributed by atoms with Crippen LogP contribution in [0.1, 0.15) is 0 Å². The molecule has 3 aromatic heterocycles. The summed E-state index contributed by atoms with van der Waals surface area (Å²) < 4.78 is 15.4. The monoisotopic (exact) mass is 666 g/mol. The fraction of sp³-hybridized carbons (Fsp3) is 0. The van der Waals surface area contributed by atoms with Gasteiger partial charge < -0.3 is 18.3 Å². The number of hydrogen-bond acceptors (Lipinski definition) is 3. The fourth-order valence-corrected chi connectivity index (χ4v) is 8.07. The lowest BCUT2D eigenvalue weighted by molar-refractivity contribution is 0.669. The molecule has 4 nitrogen and oxygen atoms in total. The Hall–Kier alpha value is -7.04. The Bertz CT molecular complexity index is 3080. The van der Waals surface area contributed by atoms with Crippen molar-refractivity contribution in [2.75, 3.05) is 4.90 Å². The molecule has 0 bridgehead atoms. The molecule has 0 saturated heterocycles. The molecule has 11 rings (SSSR count). The van der Waals surface area contributed by atoms with Crippen LogP contribution in [0.3, 0.4) is 0 Å². The number of benzene rings is 8. The second kappa shape index (κ2) is 11.2. The van der Waals surface area contributed by atoms with E-state index in [1.54, 1.807) is 0 Å². The highest BCUT2D eigenvalue weighted by Crippen LogP contribution is 2.46. The zero-order chi connectivity index (χ0) is 34.2. The van der Waals surface area contributed by atoms with Gasteiger partial charge in [0.15, 0.2) is 5.58 Å². The number of para-hydroxylation sites is 5. The first-order chi connectivity index (χ1) is 25.8. The van der Waals surface area contributed by atoms with Gasteiger partial charge in [0.25, 0.3) is 0 Å². The lowest BCUT2D eigenvalue weighted by atomic mass is 9.95. The Balaban J connectivity index is 1.19.